The summed E-state index contributed by atoms with van der Waals surface area (Å²) in [6.07, 6.45) is 4.58. The third kappa shape index (κ3) is 6.40. The molecular weight excluding hydrogens is 390 g/mol. The highest BCUT2D eigenvalue weighted by molar-refractivity contribution is 5.92. The van der Waals surface area contributed by atoms with Crippen molar-refractivity contribution in [1.82, 2.24) is 10.2 Å². The van der Waals surface area contributed by atoms with Crippen molar-refractivity contribution in [2.75, 3.05) is 13.1 Å². The fourth-order valence-electron chi connectivity index (χ4n) is 3.32. The van der Waals surface area contributed by atoms with E-state index >= 15 is 0 Å². The second kappa shape index (κ2) is 10.5. The first-order valence-corrected chi connectivity index (χ1v) is 9.85. The van der Waals surface area contributed by atoms with Crippen molar-refractivity contribution in [3.05, 3.63) is 71.8 Å². The van der Waals surface area contributed by atoms with Crippen LogP contribution in [-0.4, -0.2) is 36.4 Å². The van der Waals surface area contributed by atoms with Crippen molar-refractivity contribution in [2.24, 2.45) is 5.92 Å². The summed E-state index contributed by atoms with van der Waals surface area (Å²) in [6, 6.07) is 15.8. The number of halogens is 2. The Balaban J connectivity index is 1.41. The van der Waals surface area contributed by atoms with Gasteiger partial charge in [0.2, 0.25) is 11.8 Å². The summed E-state index contributed by atoms with van der Waals surface area (Å²) < 4.78 is 28.6. The Kier molecular flexibility index (Phi) is 7.54. The molecule has 1 fully saturated rings. The molecule has 2 aromatic carbocycles. The molecule has 2 amide bonds. The zero-order valence-corrected chi connectivity index (χ0v) is 16.5. The van der Waals surface area contributed by atoms with E-state index in [9.17, 15) is 18.4 Å². The molecule has 0 bridgehead atoms. The van der Waals surface area contributed by atoms with E-state index in [0.29, 0.717) is 32.5 Å². The maximum absolute atomic E-state index is 12.4. The minimum Gasteiger partial charge on any atom is -0.435 e. The van der Waals surface area contributed by atoms with E-state index in [1.165, 1.54) is 12.1 Å². The summed E-state index contributed by atoms with van der Waals surface area (Å²) in [5.74, 6) is -0.175. The molecule has 1 N–H and O–H groups in total. The van der Waals surface area contributed by atoms with Crippen LogP contribution in [0, 0.1) is 5.92 Å². The molecule has 5 nitrogen and oxygen atoms in total. The maximum Gasteiger partial charge on any atom is 0.387 e. The van der Waals surface area contributed by atoms with Crippen LogP contribution < -0.4 is 10.1 Å². The Morgan fingerprint density at radius 1 is 1.07 bits per heavy atom. The molecule has 0 aliphatic carbocycles. The van der Waals surface area contributed by atoms with Gasteiger partial charge in [-0.05, 0) is 42.2 Å². The highest BCUT2D eigenvalue weighted by Gasteiger charge is 2.26. The van der Waals surface area contributed by atoms with Crippen molar-refractivity contribution in [2.45, 2.75) is 26.0 Å². The molecule has 0 atom stereocenters. The van der Waals surface area contributed by atoms with Crippen molar-refractivity contribution >= 4 is 17.9 Å². The number of ether oxygens (including phenoxy) is 1. The van der Waals surface area contributed by atoms with Crippen molar-refractivity contribution in [1.29, 1.82) is 0 Å². The zero-order valence-electron chi connectivity index (χ0n) is 16.5. The number of likely N-dealkylation sites (tertiary alicyclic amines) is 1. The quantitative estimate of drug-likeness (QED) is 0.700. The summed E-state index contributed by atoms with van der Waals surface area (Å²) in [6.45, 7) is -1.47. The largest absolute Gasteiger partial charge is 0.435 e. The maximum atomic E-state index is 12.4. The number of amides is 2. The van der Waals surface area contributed by atoms with E-state index < -0.39 is 6.61 Å². The fraction of sp³-hybridized carbons (Fsp3) is 0.304. The summed E-state index contributed by atoms with van der Waals surface area (Å²) in [4.78, 5) is 26.5. The highest BCUT2D eigenvalue weighted by Crippen LogP contribution is 2.19. The lowest BCUT2D eigenvalue weighted by atomic mass is 9.95. The van der Waals surface area contributed by atoms with Crippen molar-refractivity contribution in [3.63, 3.8) is 0 Å². The molecule has 7 heteroatoms. The predicted octanol–water partition coefficient (Wildman–Crippen LogP) is 3.86. The van der Waals surface area contributed by atoms with E-state index in [2.05, 4.69) is 10.1 Å². The molecule has 3 rings (SSSR count). The first-order chi connectivity index (χ1) is 14.5. The number of piperidine rings is 1. The topological polar surface area (TPSA) is 58.6 Å². The molecule has 2 aromatic rings. The van der Waals surface area contributed by atoms with E-state index in [-0.39, 0.29) is 23.5 Å². The van der Waals surface area contributed by atoms with Gasteiger partial charge in [0.1, 0.15) is 5.75 Å². The van der Waals surface area contributed by atoms with Gasteiger partial charge in [0.15, 0.2) is 0 Å². The predicted molar refractivity (Wildman–Crippen MR) is 110 cm³/mol. The third-order valence-electron chi connectivity index (χ3n) is 5.01. The van der Waals surface area contributed by atoms with Gasteiger partial charge in [-0.1, -0.05) is 42.5 Å². The lowest BCUT2D eigenvalue weighted by molar-refractivity contribution is -0.132. The summed E-state index contributed by atoms with van der Waals surface area (Å²) in [5.41, 5.74) is 1.76. The van der Waals surface area contributed by atoms with Crippen LogP contribution in [0.2, 0.25) is 0 Å². The highest BCUT2D eigenvalue weighted by atomic mass is 19.3. The van der Waals surface area contributed by atoms with Crippen LogP contribution in [0.5, 0.6) is 5.75 Å². The molecule has 0 saturated carbocycles. The van der Waals surface area contributed by atoms with Crippen LogP contribution in [0.4, 0.5) is 8.78 Å². The number of rotatable bonds is 7. The second-order valence-corrected chi connectivity index (χ2v) is 7.08. The number of benzene rings is 2. The minimum atomic E-state index is -2.86. The second-order valence-electron chi connectivity index (χ2n) is 7.08. The van der Waals surface area contributed by atoms with Crippen LogP contribution in [0.25, 0.3) is 6.08 Å². The van der Waals surface area contributed by atoms with Gasteiger partial charge in [-0.2, -0.15) is 8.78 Å². The van der Waals surface area contributed by atoms with Gasteiger partial charge in [0.05, 0.1) is 0 Å². The molecule has 1 aliphatic heterocycles. The smallest absolute Gasteiger partial charge is 0.387 e. The number of nitrogens with zero attached hydrogens (tertiary/aromatic N) is 1. The van der Waals surface area contributed by atoms with Gasteiger partial charge in [0, 0.05) is 31.6 Å². The Labute approximate surface area is 174 Å². The van der Waals surface area contributed by atoms with E-state index in [1.54, 1.807) is 29.2 Å². The number of carbonyl (C=O) groups is 2. The van der Waals surface area contributed by atoms with Crippen LogP contribution >= 0.6 is 0 Å². The minimum absolute atomic E-state index is 0.0520. The summed E-state index contributed by atoms with van der Waals surface area (Å²) in [7, 11) is 0. The average molecular weight is 414 g/mol. The zero-order chi connectivity index (χ0) is 21.3. The first-order valence-electron chi connectivity index (χ1n) is 9.85. The number of carbonyl (C=O) groups excluding carboxylic acids is 2. The Bertz CT molecular complexity index is 862. The van der Waals surface area contributed by atoms with Crippen molar-refractivity contribution < 1.29 is 23.1 Å². The molecule has 0 aromatic heterocycles. The molecule has 158 valence electrons. The van der Waals surface area contributed by atoms with Gasteiger partial charge in [0.25, 0.3) is 0 Å². The molecular formula is C23H24F2N2O3. The molecule has 1 aliphatic rings. The molecule has 30 heavy (non-hydrogen) atoms. The van der Waals surface area contributed by atoms with Gasteiger partial charge >= 0.3 is 6.61 Å². The van der Waals surface area contributed by atoms with Gasteiger partial charge in [-0.3, -0.25) is 9.59 Å². The van der Waals surface area contributed by atoms with Gasteiger partial charge in [-0.15, -0.1) is 0 Å². The molecule has 1 heterocycles. The summed E-state index contributed by atoms with van der Waals surface area (Å²) in [5, 5.41) is 2.87. The first kappa shape index (κ1) is 21.5. The lowest BCUT2D eigenvalue weighted by Gasteiger charge is -2.30. The molecule has 1 saturated heterocycles. The normalized spacial score (nSPS) is 14.8. The van der Waals surface area contributed by atoms with Gasteiger partial charge in [-0.25, -0.2) is 0 Å². The monoisotopic (exact) mass is 414 g/mol. The molecule has 0 radical (unpaired) electrons. The van der Waals surface area contributed by atoms with Gasteiger partial charge < -0.3 is 15.0 Å². The molecule has 0 unspecified atom stereocenters. The van der Waals surface area contributed by atoms with E-state index in [1.807, 2.05) is 30.3 Å². The SMILES string of the molecule is O=C(NCc1ccc(OC(F)F)cc1)C1CCN(C(=O)/C=C/c2ccccc2)CC1. The number of alkyl halides is 2. The number of hydrogen-bond donors (Lipinski definition) is 1. The van der Waals surface area contributed by atoms with E-state index in [0.717, 1.165) is 11.1 Å². The Morgan fingerprint density at radius 2 is 1.73 bits per heavy atom. The third-order valence-corrected chi connectivity index (χ3v) is 5.01. The average Bonchev–Trinajstić information content (AvgIpc) is 2.77. The standard InChI is InChI=1S/C23H24F2N2O3/c24-23(25)30-20-9-6-18(7-10-20)16-26-22(29)19-12-14-27(15-13-19)21(28)11-8-17-4-2-1-3-5-17/h1-11,19,23H,12-16H2,(H,26,29)/b11-8+. The van der Waals surface area contributed by atoms with Crippen molar-refractivity contribution in [3.8, 4) is 5.75 Å². The molecule has 0 spiro atoms. The van der Waals surface area contributed by atoms with Crippen LogP contribution in [0.1, 0.15) is 24.0 Å². The fourth-order valence-corrected chi connectivity index (χ4v) is 3.32. The van der Waals surface area contributed by atoms with Crippen LogP contribution in [0.15, 0.2) is 60.7 Å². The van der Waals surface area contributed by atoms with Crippen LogP contribution in [-0.2, 0) is 16.1 Å². The van der Waals surface area contributed by atoms with E-state index in [4.69, 9.17) is 0 Å². The van der Waals surface area contributed by atoms with Crippen LogP contribution in [0.3, 0.4) is 0 Å². The Morgan fingerprint density at radius 3 is 2.37 bits per heavy atom. The lowest BCUT2D eigenvalue weighted by Crippen LogP contribution is -2.42. The number of nitrogens with one attached hydrogen (secondary N) is 1. The summed E-state index contributed by atoms with van der Waals surface area (Å²) >= 11 is 0. The Hall–Kier alpha value is -3.22. The number of hydrogen-bond acceptors (Lipinski definition) is 3.